The lowest BCUT2D eigenvalue weighted by Gasteiger charge is -2.34. The third-order valence-corrected chi connectivity index (χ3v) is 1.94. The second kappa shape index (κ2) is 4.99. The van der Waals surface area contributed by atoms with Crippen molar-refractivity contribution in [2.75, 3.05) is 13.2 Å². The Morgan fingerprint density at radius 2 is 2.14 bits per heavy atom. The van der Waals surface area contributed by atoms with Gasteiger partial charge in [-0.05, 0) is 5.53 Å². The lowest BCUT2D eigenvalue weighted by Crippen LogP contribution is -2.54. The molecule has 0 radical (unpaired) electrons. The zero-order valence-corrected chi connectivity index (χ0v) is 7.22. The van der Waals surface area contributed by atoms with Crippen LogP contribution in [0.1, 0.15) is 0 Å². The van der Waals surface area contributed by atoms with Gasteiger partial charge in [-0.1, -0.05) is 0 Å². The molecule has 8 heteroatoms. The molecular formula is C6H11N3O5. The van der Waals surface area contributed by atoms with Crippen molar-refractivity contribution in [3.63, 3.8) is 0 Å². The summed E-state index contributed by atoms with van der Waals surface area (Å²) in [6.45, 7) is -0.266. The first-order chi connectivity index (χ1) is 6.66. The Morgan fingerprint density at radius 1 is 1.43 bits per heavy atom. The van der Waals surface area contributed by atoms with Crippen LogP contribution >= 0.6 is 0 Å². The fraction of sp³-hybridized carbons (Fsp3) is 1.00. The van der Waals surface area contributed by atoms with Gasteiger partial charge in [0.25, 0.3) is 0 Å². The monoisotopic (exact) mass is 205 g/mol. The maximum atomic E-state index is 9.36. The summed E-state index contributed by atoms with van der Waals surface area (Å²) in [5, 5.41) is 30.5. The first kappa shape index (κ1) is 11.0. The van der Waals surface area contributed by atoms with Crippen LogP contribution in [0.15, 0.2) is 5.28 Å². The molecule has 1 saturated heterocycles. The van der Waals surface area contributed by atoms with Crippen molar-refractivity contribution in [2.45, 2.75) is 24.4 Å². The van der Waals surface area contributed by atoms with Crippen LogP contribution in [0.4, 0.5) is 0 Å². The van der Waals surface area contributed by atoms with E-state index >= 15 is 0 Å². The van der Waals surface area contributed by atoms with E-state index < -0.39 is 24.4 Å². The van der Waals surface area contributed by atoms with E-state index in [-0.39, 0.29) is 13.2 Å². The summed E-state index contributed by atoms with van der Waals surface area (Å²) in [4.78, 5) is 6.74. The Balaban J connectivity index is 2.42. The van der Waals surface area contributed by atoms with Gasteiger partial charge in [0.15, 0.2) is 0 Å². The molecule has 0 aromatic heterocycles. The summed E-state index contributed by atoms with van der Waals surface area (Å²) in [6.07, 6.45) is -4.45. The van der Waals surface area contributed by atoms with Crippen LogP contribution in [0.2, 0.25) is 0 Å². The van der Waals surface area contributed by atoms with Crippen LogP contribution in [0.25, 0.3) is 10.4 Å². The number of aliphatic hydroxyl groups is 3. The van der Waals surface area contributed by atoms with Crippen molar-refractivity contribution in [1.29, 1.82) is 0 Å². The normalized spacial score (nSPS) is 37.4. The highest BCUT2D eigenvalue weighted by Crippen LogP contribution is 2.15. The fourth-order valence-electron chi connectivity index (χ4n) is 1.15. The van der Waals surface area contributed by atoms with E-state index in [1.165, 1.54) is 0 Å². The Kier molecular flexibility index (Phi) is 3.93. The molecular weight excluding hydrogens is 194 g/mol. The van der Waals surface area contributed by atoms with Gasteiger partial charge in [-0.25, -0.2) is 0 Å². The van der Waals surface area contributed by atoms with E-state index in [9.17, 15) is 10.2 Å². The second-order valence-electron chi connectivity index (χ2n) is 2.89. The van der Waals surface area contributed by atoms with Gasteiger partial charge in [0, 0.05) is 4.91 Å². The quantitative estimate of drug-likeness (QED) is 0.228. The van der Waals surface area contributed by atoms with Gasteiger partial charge in [0.2, 0.25) is 0 Å². The van der Waals surface area contributed by atoms with Gasteiger partial charge in [-0.3, -0.25) is 0 Å². The van der Waals surface area contributed by atoms with Crippen LogP contribution in [0.3, 0.4) is 0 Å². The number of hydrogen-bond donors (Lipinski definition) is 3. The molecule has 0 amide bonds. The first-order valence-electron chi connectivity index (χ1n) is 3.99. The van der Waals surface area contributed by atoms with Crippen molar-refractivity contribution >= 4 is 0 Å². The minimum absolute atomic E-state index is 0.0947. The maximum Gasteiger partial charge on any atom is 0.126 e. The molecule has 8 nitrogen and oxygen atoms in total. The lowest BCUT2D eigenvalue weighted by molar-refractivity contribution is -0.199. The molecule has 3 N–H and O–H groups in total. The van der Waals surface area contributed by atoms with Gasteiger partial charge < -0.3 is 24.9 Å². The predicted molar refractivity (Wildman–Crippen MR) is 42.9 cm³/mol. The third kappa shape index (κ3) is 2.47. The fourth-order valence-corrected chi connectivity index (χ4v) is 1.15. The topological polar surface area (TPSA) is 128 Å². The molecule has 0 aliphatic carbocycles. The summed E-state index contributed by atoms with van der Waals surface area (Å²) in [7, 11) is 0. The molecule has 1 aliphatic heterocycles. The average molecular weight is 205 g/mol. The number of hydrogen-bond acceptors (Lipinski definition) is 6. The van der Waals surface area contributed by atoms with Gasteiger partial charge in [0.05, 0.1) is 6.61 Å². The summed E-state index contributed by atoms with van der Waals surface area (Å²) in [5.74, 6) is 0. The number of nitrogens with zero attached hydrogens (tertiary/aromatic N) is 3. The summed E-state index contributed by atoms with van der Waals surface area (Å²) >= 11 is 0. The van der Waals surface area contributed by atoms with Crippen molar-refractivity contribution in [1.82, 2.24) is 0 Å². The molecule has 0 bridgehead atoms. The molecule has 1 fully saturated rings. The van der Waals surface area contributed by atoms with Gasteiger partial charge in [-0.15, -0.1) is 0 Å². The number of ether oxygens (including phenoxy) is 1. The van der Waals surface area contributed by atoms with Crippen LogP contribution in [0, 0.1) is 0 Å². The number of azide groups is 1. The lowest BCUT2D eigenvalue weighted by atomic mass is 10.0. The Bertz CT molecular complexity index is 232. The summed E-state index contributed by atoms with van der Waals surface area (Å²) in [5.41, 5.74) is 7.90. The molecule has 1 aliphatic rings. The molecule has 0 unspecified atom stereocenters. The Hall–Kier alpha value is -1.05. The minimum Gasteiger partial charge on any atom is -0.431 e. The Morgan fingerprint density at radius 3 is 2.79 bits per heavy atom. The van der Waals surface area contributed by atoms with Crippen molar-refractivity contribution < 1.29 is 24.9 Å². The molecule has 0 saturated carbocycles. The van der Waals surface area contributed by atoms with E-state index in [2.05, 4.69) is 15.0 Å². The molecule has 1 rings (SSSR count). The smallest absolute Gasteiger partial charge is 0.126 e. The SMILES string of the molecule is [N-]=[N+]=NOC[C@H]1OC[C@H](O)[C@@H](O)[C@@H]1O. The summed E-state index contributed by atoms with van der Waals surface area (Å²) < 4.78 is 4.95. The van der Waals surface area contributed by atoms with E-state index in [0.29, 0.717) is 0 Å². The molecule has 14 heavy (non-hydrogen) atoms. The maximum absolute atomic E-state index is 9.36. The average Bonchev–Trinajstić information content (AvgIpc) is 2.18. The van der Waals surface area contributed by atoms with Crippen molar-refractivity contribution in [2.24, 2.45) is 5.28 Å². The van der Waals surface area contributed by atoms with Crippen molar-refractivity contribution in [3.8, 4) is 0 Å². The molecule has 4 atom stereocenters. The minimum atomic E-state index is -1.27. The third-order valence-electron chi connectivity index (χ3n) is 1.94. The zero-order valence-electron chi connectivity index (χ0n) is 7.22. The van der Waals surface area contributed by atoms with Crippen LogP contribution in [0.5, 0.6) is 0 Å². The highest BCUT2D eigenvalue weighted by Gasteiger charge is 2.37. The molecule has 1 heterocycles. The van der Waals surface area contributed by atoms with E-state index in [1.807, 2.05) is 0 Å². The van der Waals surface area contributed by atoms with Gasteiger partial charge in [0.1, 0.15) is 36.3 Å². The highest BCUT2D eigenvalue weighted by atomic mass is 16.7. The van der Waals surface area contributed by atoms with Gasteiger partial charge in [-0.2, -0.15) is 0 Å². The second-order valence-corrected chi connectivity index (χ2v) is 2.89. The highest BCUT2D eigenvalue weighted by molar-refractivity contribution is 4.86. The predicted octanol–water partition coefficient (Wildman–Crippen LogP) is -1.29. The molecule has 0 aromatic carbocycles. The molecule has 80 valence electrons. The summed E-state index contributed by atoms with van der Waals surface area (Å²) in [6, 6.07) is 0. The zero-order chi connectivity index (χ0) is 10.6. The van der Waals surface area contributed by atoms with E-state index in [0.717, 1.165) is 0 Å². The van der Waals surface area contributed by atoms with E-state index in [1.54, 1.807) is 0 Å². The molecule has 0 spiro atoms. The van der Waals surface area contributed by atoms with Gasteiger partial charge >= 0.3 is 0 Å². The first-order valence-corrected chi connectivity index (χ1v) is 3.99. The largest absolute Gasteiger partial charge is 0.431 e. The standard InChI is InChI=1S/C6H11N3O5/c7-8-9-14-2-4-6(12)5(11)3(10)1-13-4/h3-6,10-12H,1-2H2/t3-,4+,5+,6+/m0/s1. The molecule has 0 aromatic rings. The van der Waals surface area contributed by atoms with Crippen LogP contribution in [-0.2, 0) is 9.57 Å². The number of rotatable bonds is 3. The number of aliphatic hydroxyl groups excluding tert-OH is 3. The van der Waals surface area contributed by atoms with Crippen molar-refractivity contribution in [3.05, 3.63) is 10.4 Å². The van der Waals surface area contributed by atoms with Crippen LogP contribution in [-0.4, -0.2) is 52.9 Å². The Labute approximate surface area is 79.3 Å². The van der Waals surface area contributed by atoms with E-state index in [4.69, 9.17) is 15.4 Å². The van der Waals surface area contributed by atoms with Crippen LogP contribution < -0.4 is 0 Å².